The first kappa shape index (κ1) is 15.5. The summed E-state index contributed by atoms with van der Waals surface area (Å²) >= 11 is 0. The summed E-state index contributed by atoms with van der Waals surface area (Å²) in [6.07, 6.45) is 0.604. The van der Waals surface area contributed by atoms with Gasteiger partial charge in [-0.05, 0) is 18.6 Å². The predicted octanol–water partition coefficient (Wildman–Crippen LogP) is 1.77. The molecule has 0 spiro atoms. The Morgan fingerprint density at radius 1 is 1.32 bits per heavy atom. The highest BCUT2D eigenvalue weighted by molar-refractivity contribution is 7.92. The largest absolute Gasteiger partial charge is 0.385 e. The van der Waals surface area contributed by atoms with Gasteiger partial charge in [-0.25, -0.2) is 8.42 Å². The van der Waals surface area contributed by atoms with Crippen molar-refractivity contribution in [3.8, 4) is 6.07 Å². The van der Waals surface area contributed by atoms with E-state index in [0.29, 0.717) is 18.7 Å². The molecule has 1 aromatic carbocycles. The Hall–Kier alpha value is -1.58. The predicted molar refractivity (Wildman–Crippen MR) is 74.3 cm³/mol. The summed E-state index contributed by atoms with van der Waals surface area (Å²) < 4.78 is 30.7. The lowest BCUT2D eigenvalue weighted by Crippen LogP contribution is -2.34. The van der Waals surface area contributed by atoms with E-state index in [9.17, 15) is 8.42 Å². The molecule has 0 fully saturated rings. The van der Waals surface area contributed by atoms with Crippen molar-refractivity contribution in [1.82, 2.24) is 0 Å². The molecule has 1 aromatic rings. The topological polar surface area (TPSA) is 70.4 Å². The lowest BCUT2D eigenvalue weighted by Gasteiger charge is -2.23. The molecule has 0 bridgehead atoms. The summed E-state index contributed by atoms with van der Waals surface area (Å²) in [7, 11) is -1.88. The normalized spacial score (nSPS) is 10.9. The van der Waals surface area contributed by atoms with Crippen molar-refractivity contribution in [2.24, 2.45) is 0 Å². The number of ether oxygens (including phenoxy) is 1. The first-order valence-corrected chi connectivity index (χ1v) is 7.64. The molecule has 1 rings (SSSR count). The molecule has 0 aliphatic carbocycles. The average molecular weight is 282 g/mol. The van der Waals surface area contributed by atoms with Gasteiger partial charge in [0, 0.05) is 20.3 Å². The van der Waals surface area contributed by atoms with E-state index in [1.807, 2.05) is 12.1 Å². The smallest absolute Gasteiger partial charge is 0.235 e. The number of hydrogen-bond donors (Lipinski definition) is 0. The first-order chi connectivity index (χ1) is 9.11. The summed E-state index contributed by atoms with van der Waals surface area (Å²) in [4.78, 5) is 0. The number of para-hydroxylation sites is 1. The van der Waals surface area contributed by atoms with Crippen LogP contribution >= 0.6 is 0 Å². The van der Waals surface area contributed by atoms with Crippen molar-refractivity contribution in [2.45, 2.75) is 12.8 Å². The lowest BCUT2D eigenvalue weighted by molar-refractivity contribution is 0.199. The highest BCUT2D eigenvalue weighted by Gasteiger charge is 2.21. The van der Waals surface area contributed by atoms with Crippen molar-refractivity contribution in [3.05, 3.63) is 30.3 Å². The van der Waals surface area contributed by atoms with Gasteiger partial charge in [0.1, 0.15) is 0 Å². The van der Waals surface area contributed by atoms with E-state index >= 15 is 0 Å². The van der Waals surface area contributed by atoms with Crippen molar-refractivity contribution >= 4 is 15.7 Å². The molecule has 19 heavy (non-hydrogen) atoms. The molecule has 0 heterocycles. The summed E-state index contributed by atoms with van der Waals surface area (Å²) in [6, 6.07) is 10.8. The van der Waals surface area contributed by atoms with Crippen molar-refractivity contribution in [2.75, 3.05) is 30.3 Å². The van der Waals surface area contributed by atoms with Gasteiger partial charge in [0.05, 0.1) is 23.9 Å². The first-order valence-electron chi connectivity index (χ1n) is 6.03. The van der Waals surface area contributed by atoms with Crippen LogP contribution in [0.5, 0.6) is 0 Å². The van der Waals surface area contributed by atoms with E-state index in [1.54, 1.807) is 24.3 Å². The molecular weight excluding hydrogens is 264 g/mol. The summed E-state index contributed by atoms with van der Waals surface area (Å²) in [5, 5.41) is 8.65. The van der Waals surface area contributed by atoms with E-state index in [2.05, 4.69) is 0 Å². The zero-order valence-corrected chi connectivity index (χ0v) is 11.8. The van der Waals surface area contributed by atoms with E-state index in [-0.39, 0.29) is 18.7 Å². The minimum absolute atomic E-state index is 0.0150. The second-order valence-corrected chi connectivity index (χ2v) is 5.99. The number of methoxy groups -OCH3 is 1. The number of anilines is 1. The van der Waals surface area contributed by atoms with Crippen LogP contribution in [0.1, 0.15) is 12.8 Å². The maximum Gasteiger partial charge on any atom is 0.235 e. The molecule has 0 atom stereocenters. The van der Waals surface area contributed by atoms with Crippen LogP contribution in [0.3, 0.4) is 0 Å². The molecule has 0 amide bonds. The van der Waals surface area contributed by atoms with Crippen molar-refractivity contribution < 1.29 is 13.2 Å². The van der Waals surface area contributed by atoms with Gasteiger partial charge in [-0.15, -0.1) is 0 Å². The highest BCUT2D eigenvalue weighted by Crippen LogP contribution is 2.18. The average Bonchev–Trinajstić information content (AvgIpc) is 2.40. The van der Waals surface area contributed by atoms with Crippen LogP contribution in [0.2, 0.25) is 0 Å². The van der Waals surface area contributed by atoms with Crippen molar-refractivity contribution in [1.29, 1.82) is 5.26 Å². The van der Waals surface area contributed by atoms with Crippen LogP contribution in [0.4, 0.5) is 5.69 Å². The number of hydrogen-bond acceptors (Lipinski definition) is 4. The lowest BCUT2D eigenvalue weighted by atomic mass is 10.3. The second-order valence-electron chi connectivity index (χ2n) is 3.98. The Bertz CT molecular complexity index is 508. The number of sulfonamides is 1. The van der Waals surface area contributed by atoms with Gasteiger partial charge < -0.3 is 4.74 Å². The molecule has 0 radical (unpaired) electrons. The zero-order valence-electron chi connectivity index (χ0n) is 10.9. The minimum Gasteiger partial charge on any atom is -0.385 e. The molecule has 0 saturated carbocycles. The third kappa shape index (κ3) is 4.89. The summed E-state index contributed by atoms with van der Waals surface area (Å²) in [6.45, 7) is 0.579. The van der Waals surface area contributed by atoms with Crippen LogP contribution < -0.4 is 4.31 Å². The van der Waals surface area contributed by atoms with E-state index in [4.69, 9.17) is 10.00 Å². The fraction of sp³-hybridized carbons (Fsp3) is 0.462. The fourth-order valence-electron chi connectivity index (χ4n) is 1.67. The summed E-state index contributed by atoms with van der Waals surface area (Å²) in [5.74, 6) is 0.0150. The van der Waals surface area contributed by atoms with Gasteiger partial charge in [-0.2, -0.15) is 5.26 Å². The fourth-order valence-corrected chi connectivity index (χ4v) is 3.19. The number of nitriles is 1. The molecule has 0 aromatic heterocycles. The molecule has 0 N–H and O–H groups in total. The monoisotopic (exact) mass is 282 g/mol. The summed E-state index contributed by atoms with van der Waals surface area (Å²) in [5.41, 5.74) is 0.593. The quantitative estimate of drug-likeness (QED) is 0.681. The van der Waals surface area contributed by atoms with Gasteiger partial charge >= 0.3 is 0 Å². The van der Waals surface area contributed by atoms with E-state index in [0.717, 1.165) is 0 Å². The molecular formula is C13H18N2O3S. The van der Waals surface area contributed by atoms with Gasteiger partial charge in [0.25, 0.3) is 0 Å². The maximum atomic E-state index is 12.3. The van der Waals surface area contributed by atoms with Gasteiger partial charge in [0.2, 0.25) is 10.0 Å². The van der Waals surface area contributed by atoms with E-state index in [1.165, 1.54) is 11.4 Å². The zero-order chi connectivity index (χ0) is 14.1. The number of benzene rings is 1. The Balaban J connectivity index is 2.88. The van der Waals surface area contributed by atoms with Crippen LogP contribution in [0.25, 0.3) is 0 Å². The van der Waals surface area contributed by atoms with Crippen molar-refractivity contribution in [3.63, 3.8) is 0 Å². The third-order valence-corrected chi connectivity index (χ3v) is 4.43. The molecule has 104 valence electrons. The highest BCUT2D eigenvalue weighted by atomic mass is 32.2. The standard InChI is InChI=1S/C13H18N2O3S/c1-18-11-6-12-19(16,17)15(10-5-9-14)13-7-3-2-4-8-13/h2-4,7-8H,5-6,10-12H2,1H3. The molecule has 6 heteroatoms. The van der Waals surface area contributed by atoms with Crippen LogP contribution in [0, 0.1) is 11.3 Å². The molecule has 5 nitrogen and oxygen atoms in total. The Morgan fingerprint density at radius 3 is 2.58 bits per heavy atom. The van der Waals surface area contributed by atoms with Crippen LogP contribution in [-0.4, -0.2) is 34.4 Å². The minimum atomic E-state index is -3.42. The maximum absolute atomic E-state index is 12.3. The third-order valence-electron chi connectivity index (χ3n) is 2.56. The van der Waals surface area contributed by atoms with Gasteiger partial charge in [-0.3, -0.25) is 4.31 Å². The number of rotatable bonds is 8. The van der Waals surface area contributed by atoms with Crippen LogP contribution in [-0.2, 0) is 14.8 Å². The Kier molecular flexibility index (Phi) is 6.33. The number of nitrogens with zero attached hydrogens (tertiary/aromatic N) is 2. The van der Waals surface area contributed by atoms with Gasteiger partial charge in [0.15, 0.2) is 0 Å². The molecule has 0 aliphatic rings. The Morgan fingerprint density at radius 2 is 2.00 bits per heavy atom. The SMILES string of the molecule is COCCCS(=O)(=O)N(CCC#N)c1ccccc1. The second kappa shape index (κ2) is 7.77. The molecule has 0 saturated heterocycles. The van der Waals surface area contributed by atoms with Crippen LogP contribution in [0.15, 0.2) is 30.3 Å². The Labute approximate surface area is 114 Å². The molecule has 0 aliphatic heterocycles. The van der Waals surface area contributed by atoms with E-state index < -0.39 is 10.0 Å². The molecule has 0 unspecified atom stereocenters. The van der Waals surface area contributed by atoms with Gasteiger partial charge in [-0.1, -0.05) is 18.2 Å².